The van der Waals surface area contributed by atoms with Gasteiger partial charge in [-0.25, -0.2) is 0 Å². The summed E-state index contributed by atoms with van der Waals surface area (Å²) in [5.74, 6) is 0.277. The number of nitrogens with zero attached hydrogens (tertiary/aromatic N) is 1. The summed E-state index contributed by atoms with van der Waals surface area (Å²) in [5.41, 5.74) is 3.83. The van der Waals surface area contributed by atoms with Crippen LogP contribution in [0.25, 0.3) is 0 Å². The minimum atomic E-state index is -0.105. The van der Waals surface area contributed by atoms with Gasteiger partial charge in [-0.3, -0.25) is 4.79 Å². The zero-order chi connectivity index (χ0) is 15.0. The molecule has 0 fully saturated rings. The molecule has 1 aliphatic heterocycles. The standard InChI is InChI=1S/C18H19NO2/c1-12(2)13-7-8-17(20)16(9-13)18(21)19-10-14-5-3-4-6-15(14)11-19/h3-9,12,20H,10-11H2,1-2H3. The van der Waals surface area contributed by atoms with Crippen LogP contribution in [0.3, 0.4) is 0 Å². The predicted molar refractivity (Wildman–Crippen MR) is 82.2 cm³/mol. The molecule has 3 nitrogen and oxygen atoms in total. The fraction of sp³-hybridized carbons (Fsp3) is 0.278. The van der Waals surface area contributed by atoms with Crippen LogP contribution in [-0.2, 0) is 13.1 Å². The van der Waals surface area contributed by atoms with Gasteiger partial charge in [0.2, 0.25) is 0 Å². The van der Waals surface area contributed by atoms with Crippen LogP contribution in [0.4, 0.5) is 0 Å². The van der Waals surface area contributed by atoms with Crippen molar-refractivity contribution in [2.75, 3.05) is 0 Å². The summed E-state index contributed by atoms with van der Waals surface area (Å²) >= 11 is 0. The van der Waals surface area contributed by atoms with Gasteiger partial charge in [-0.05, 0) is 34.7 Å². The quantitative estimate of drug-likeness (QED) is 0.912. The Morgan fingerprint density at radius 1 is 1.10 bits per heavy atom. The number of amides is 1. The highest BCUT2D eigenvalue weighted by atomic mass is 16.3. The second-order valence-corrected chi connectivity index (χ2v) is 5.86. The maximum absolute atomic E-state index is 12.7. The molecule has 1 amide bonds. The highest BCUT2D eigenvalue weighted by Crippen LogP contribution is 2.28. The van der Waals surface area contributed by atoms with Gasteiger partial charge in [0.05, 0.1) is 5.56 Å². The van der Waals surface area contributed by atoms with E-state index in [9.17, 15) is 9.90 Å². The number of rotatable bonds is 2. The predicted octanol–water partition coefficient (Wildman–Crippen LogP) is 3.67. The summed E-state index contributed by atoms with van der Waals surface area (Å²) in [7, 11) is 0. The molecule has 0 radical (unpaired) electrons. The first-order chi connectivity index (χ1) is 10.1. The normalized spacial score (nSPS) is 13.6. The summed E-state index contributed by atoms with van der Waals surface area (Å²) < 4.78 is 0. The summed E-state index contributed by atoms with van der Waals surface area (Å²) in [4.78, 5) is 14.5. The Hall–Kier alpha value is -2.29. The third kappa shape index (κ3) is 2.51. The third-order valence-electron chi connectivity index (χ3n) is 4.05. The Morgan fingerprint density at radius 2 is 1.71 bits per heavy atom. The van der Waals surface area contributed by atoms with E-state index in [2.05, 4.69) is 13.8 Å². The lowest BCUT2D eigenvalue weighted by molar-refractivity contribution is 0.0748. The van der Waals surface area contributed by atoms with Gasteiger partial charge >= 0.3 is 0 Å². The topological polar surface area (TPSA) is 40.5 Å². The number of benzene rings is 2. The SMILES string of the molecule is CC(C)c1ccc(O)c(C(=O)N2Cc3ccccc3C2)c1. The number of fused-ring (bicyclic) bond motifs is 1. The molecule has 3 heteroatoms. The Labute approximate surface area is 124 Å². The van der Waals surface area contributed by atoms with Gasteiger partial charge in [0.1, 0.15) is 5.75 Å². The molecule has 0 atom stereocenters. The Kier molecular flexibility index (Phi) is 3.42. The first-order valence-corrected chi connectivity index (χ1v) is 7.25. The molecule has 0 aliphatic carbocycles. The van der Waals surface area contributed by atoms with Crippen LogP contribution < -0.4 is 0 Å². The van der Waals surface area contributed by atoms with E-state index in [1.807, 2.05) is 36.4 Å². The molecule has 1 aliphatic rings. The minimum absolute atomic E-state index is 0.0559. The number of phenolic OH excluding ortho intramolecular Hbond substituents is 1. The third-order valence-corrected chi connectivity index (χ3v) is 4.05. The van der Waals surface area contributed by atoms with Crippen molar-refractivity contribution < 1.29 is 9.90 Å². The molecule has 3 rings (SSSR count). The zero-order valence-corrected chi connectivity index (χ0v) is 12.3. The van der Waals surface area contributed by atoms with Crippen molar-refractivity contribution in [2.45, 2.75) is 32.9 Å². The molecule has 0 unspecified atom stereocenters. The molecule has 21 heavy (non-hydrogen) atoms. The van der Waals surface area contributed by atoms with E-state index in [1.165, 1.54) is 11.1 Å². The van der Waals surface area contributed by atoms with Gasteiger partial charge in [0.25, 0.3) is 5.91 Å². The smallest absolute Gasteiger partial charge is 0.258 e. The lowest BCUT2D eigenvalue weighted by atomic mass is 10.00. The van der Waals surface area contributed by atoms with Crippen molar-refractivity contribution in [3.05, 3.63) is 64.7 Å². The van der Waals surface area contributed by atoms with E-state index in [0.29, 0.717) is 24.6 Å². The second kappa shape index (κ2) is 5.24. The summed E-state index contributed by atoms with van der Waals surface area (Å²) in [6.07, 6.45) is 0. The van der Waals surface area contributed by atoms with E-state index in [-0.39, 0.29) is 11.7 Å². The zero-order valence-electron chi connectivity index (χ0n) is 12.3. The fourth-order valence-corrected chi connectivity index (χ4v) is 2.73. The number of phenols is 1. The van der Waals surface area contributed by atoms with Gasteiger partial charge in [-0.15, -0.1) is 0 Å². The van der Waals surface area contributed by atoms with Crippen molar-refractivity contribution in [1.29, 1.82) is 0 Å². The Balaban J connectivity index is 1.89. The average Bonchev–Trinajstić information content (AvgIpc) is 2.90. The second-order valence-electron chi connectivity index (χ2n) is 5.86. The van der Waals surface area contributed by atoms with Gasteiger partial charge in [-0.2, -0.15) is 0 Å². The summed E-state index contributed by atoms with van der Waals surface area (Å²) in [6.45, 7) is 5.37. The molecule has 1 heterocycles. The van der Waals surface area contributed by atoms with Gasteiger partial charge < -0.3 is 10.0 Å². The van der Waals surface area contributed by atoms with E-state index in [4.69, 9.17) is 0 Å². The molecule has 0 bridgehead atoms. The van der Waals surface area contributed by atoms with Gasteiger partial charge in [0, 0.05) is 13.1 Å². The maximum atomic E-state index is 12.7. The molecule has 0 saturated heterocycles. The van der Waals surface area contributed by atoms with Crippen LogP contribution in [0.15, 0.2) is 42.5 Å². The van der Waals surface area contributed by atoms with Crippen molar-refractivity contribution in [1.82, 2.24) is 4.90 Å². The van der Waals surface area contributed by atoms with Crippen LogP contribution in [-0.4, -0.2) is 15.9 Å². The van der Waals surface area contributed by atoms with Crippen LogP contribution in [0.5, 0.6) is 5.75 Å². The van der Waals surface area contributed by atoms with E-state index < -0.39 is 0 Å². The van der Waals surface area contributed by atoms with Crippen molar-refractivity contribution in [2.24, 2.45) is 0 Å². The molecule has 0 aromatic heterocycles. The maximum Gasteiger partial charge on any atom is 0.258 e. The van der Waals surface area contributed by atoms with E-state index in [1.54, 1.807) is 11.0 Å². The molecular formula is C18H19NO2. The number of carbonyl (C=O) groups excluding carboxylic acids is 1. The largest absolute Gasteiger partial charge is 0.507 e. The highest BCUT2D eigenvalue weighted by molar-refractivity contribution is 5.97. The monoisotopic (exact) mass is 281 g/mol. The Bertz CT molecular complexity index is 666. The lowest BCUT2D eigenvalue weighted by Gasteiger charge is -2.17. The van der Waals surface area contributed by atoms with E-state index >= 15 is 0 Å². The molecule has 1 N–H and O–H groups in total. The van der Waals surface area contributed by atoms with Gasteiger partial charge in [-0.1, -0.05) is 44.2 Å². The number of hydrogen-bond acceptors (Lipinski definition) is 2. The first kappa shape index (κ1) is 13.7. The van der Waals surface area contributed by atoms with Crippen LogP contribution in [0.2, 0.25) is 0 Å². The molecule has 0 saturated carbocycles. The molecular weight excluding hydrogens is 262 g/mol. The number of hydrogen-bond donors (Lipinski definition) is 1. The van der Waals surface area contributed by atoms with Crippen LogP contribution in [0.1, 0.15) is 46.8 Å². The fourth-order valence-electron chi connectivity index (χ4n) is 2.73. The van der Waals surface area contributed by atoms with E-state index in [0.717, 1.165) is 5.56 Å². The summed E-state index contributed by atoms with van der Waals surface area (Å²) in [5, 5.41) is 10.0. The number of carbonyl (C=O) groups is 1. The van der Waals surface area contributed by atoms with Crippen molar-refractivity contribution >= 4 is 5.91 Å². The molecule has 2 aromatic rings. The molecule has 0 spiro atoms. The lowest BCUT2D eigenvalue weighted by Crippen LogP contribution is -2.25. The minimum Gasteiger partial charge on any atom is -0.507 e. The van der Waals surface area contributed by atoms with Crippen molar-refractivity contribution in [3.63, 3.8) is 0 Å². The number of aromatic hydroxyl groups is 1. The summed E-state index contributed by atoms with van der Waals surface area (Å²) in [6, 6.07) is 13.4. The molecule has 108 valence electrons. The van der Waals surface area contributed by atoms with Crippen LogP contribution >= 0.6 is 0 Å². The average molecular weight is 281 g/mol. The first-order valence-electron chi connectivity index (χ1n) is 7.25. The van der Waals surface area contributed by atoms with Gasteiger partial charge in [0.15, 0.2) is 0 Å². The Morgan fingerprint density at radius 3 is 2.29 bits per heavy atom. The molecule has 2 aromatic carbocycles. The van der Waals surface area contributed by atoms with Crippen LogP contribution in [0, 0.1) is 0 Å². The highest BCUT2D eigenvalue weighted by Gasteiger charge is 2.25. The van der Waals surface area contributed by atoms with Crippen molar-refractivity contribution in [3.8, 4) is 5.75 Å².